The second-order valence-corrected chi connectivity index (χ2v) is 8.62. The molecule has 1 aromatic carbocycles. The quantitative estimate of drug-likeness (QED) is 0.827. The second kappa shape index (κ2) is 6.89. The summed E-state index contributed by atoms with van der Waals surface area (Å²) in [7, 11) is -1.47. The van der Waals surface area contributed by atoms with Gasteiger partial charge in [-0.3, -0.25) is 4.90 Å². The molecular formula is C14H22N2O3S2. The summed E-state index contributed by atoms with van der Waals surface area (Å²) in [5.74, 6) is 2.49. The summed E-state index contributed by atoms with van der Waals surface area (Å²) in [6, 6.07) is 5.47. The summed E-state index contributed by atoms with van der Waals surface area (Å²) in [5, 5.41) is -0.424. The molecule has 2 N–H and O–H groups in total. The van der Waals surface area contributed by atoms with Gasteiger partial charge >= 0.3 is 0 Å². The minimum Gasteiger partial charge on any atom is -0.496 e. The number of benzene rings is 1. The molecule has 5 nitrogen and oxygen atoms in total. The summed E-state index contributed by atoms with van der Waals surface area (Å²) >= 11 is 1.70. The van der Waals surface area contributed by atoms with Gasteiger partial charge in [0.2, 0.25) is 0 Å². The van der Waals surface area contributed by atoms with Crippen LogP contribution in [0, 0.1) is 0 Å². The molecule has 0 radical (unpaired) electrons. The molecule has 0 aromatic heterocycles. The molecule has 0 amide bonds. The SMILES string of the molecule is CCS(=O)(=O)C1CSCCN1Cc1cc(N)ccc1OC. The van der Waals surface area contributed by atoms with Crippen LogP contribution in [0.2, 0.25) is 0 Å². The molecule has 0 saturated carbocycles. The van der Waals surface area contributed by atoms with Crippen molar-refractivity contribution in [1.82, 2.24) is 4.90 Å². The van der Waals surface area contributed by atoms with Gasteiger partial charge in [-0.15, -0.1) is 0 Å². The Kier molecular flexibility index (Phi) is 5.40. The van der Waals surface area contributed by atoms with Gasteiger partial charge in [0.1, 0.15) is 11.1 Å². The maximum Gasteiger partial charge on any atom is 0.166 e. The highest BCUT2D eigenvalue weighted by Gasteiger charge is 2.33. The molecule has 1 fully saturated rings. The topological polar surface area (TPSA) is 72.6 Å². The van der Waals surface area contributed by atoms with Gasteiger partial charge in [0.05, 0.1) is 7.11 Å². The molecule has 1 aliphatic heterocycles. The highest BCUT2D eigenvalue weighted by Crippen LogP contribution is 2.27. The third-order valence-electron chi connectivity index (χ3n) is 3.69. The highest BCUT2D eigenvalue weighted by atomic mass is 32.2. The van der Waals surface area contributed by atoms with Crippen molar-refractivity contribution in [2.45, 2.75) is 18.8 Å². The highest BCUT2D eigenvalue weighted by molar-refractivity contribution is 8.01. The molecule has 118 valence electrons. The van der Waals surface area contributed by atoms with Gasteiger partial charge in [-0.05, 0) is 18.2 Å². The molecule has 0 aliphatic carbocycles. The molecule has 1 heterocycles. The first kappa shape index (κ1) is 16.5. The molecule has 0 bridgehead atoms. The Morgan fingerprint density at radius 2 is 2.24 bits per heavy atom. The Labute approximate surface area is 130 Å². The standard InChI is InChI=1S/C14H22N2O3S2/c1-3-21(17,18)14-10-20-7-6-16(14)9-11-8-12(15)4-5-13(11)19-2/h4-5,8,14H,3,6-7,9-10,15H2,1-2H3. The zero-order valence-corrected chi connectivity index (χ0v) is 14.0. The first-order valence-corrected chi connectivity index (χ1v) is 9.80. The second-order valence-electron chi connectivity index (χ2n) is 5.02. The molecule has 7 heteroatoms. The molecule has 1 unspecified atom stereocenters. The van der Waals surface area contributed by atoms with Crippen LogP contribution in [0.5, 0.6) is 5.75 Å². The van der Waals surface area contributed by atoms with Crippen molar-refractivity contribution in [3.8, 4) is 5.75 Å². The number of anilines is 1. The Balaban J connectivity index is 2.26. The van der Waals surface area contributed by atoms with Gasteiger partial charge in [-0.2, -0.15) is 11.8 Å². The lowest BCUT2D eigenvalue weighted by atomic mass is 10.1. The van der Waals surface area contributed by atoms with Crippen LogP contribution >= 0.6 is 11.8 Å². The Hall–Kier alpha value is -0.920. The van der Waals surface area contributed by atoms with Gasteiger partial charge < -0.3 is 10.5 Å². The van der Waals surface area contributed by atoms with Crippen molar-refractivity contribution in [1.29, 1.82) is 0 Å². The van der Waals surface area contributed by atoms with Crippen molar-refractivity contribution >= 4 is 27.3 Å². The predicted molar refractivity (Wildman–Crippen MR) is 88.4 cm³/mol. The number of nitrogens with two attached hydrogens (primary N) is 1. The van der Waals surface area contributed by atoms with E-state index in [1.165, 1.54) is 0 Å². The first-order valence-electron chi connectivity index (χ1n) is 6.93. The van der Waals surface area contributed by atoms with Crippen LogP contribution in [0.25, 0.3) is 0 Å². The lowest BCUT2D eigenvalue weighted by Crippen LogP contribution is -2.47. The number of ether oxygens (including phenoxy) is 1. The fourth-order valence-electron chi connectivity index (χ4n) is 2.46. The van der Waals surface area contributed by atoms with Crippen LogP contribution in [-0.2, 0) is 16.4 Å². The first-order chi connectivity index (χ1) is 9.97. The number of nitrogens with zero attached hydrogens (tertiary/aromatic N) is 1. The molecule has 1 aliphatic rings. The summed E-state index contributed by atoms with van der Waals surface area (Å²) in [4.78, 5) is 2.02. The average Bonchev–Trinajstić information content (AvgIpc) is 2.48. The number of hydrogen-bond donors (Lipinski definition) is 1. The van der Waals surface area contributed by atoms with E-state index >= 15 is 0 Å². The van der Waals surface area contributed by atoms with Crippen molar-refractivity contribution in [3.63, 3.8) is 0 Å². The molecular weight excluding hydrogens is 308 g/mol. The van der Waals surface area contributed by atoms with Crippen LogP contribution in [0.1, 0.15) is 12.5 Å². The van der Waals surface area contributed by atoms with E-state index in [9.17, 15) is 8.42 Å². The van der Waals surface area contributed by atoms with E-state index in [1.807, 2.05) is 17.0 Å². The Bertz CT molecular complexity index is 590. The van der Waals surface area contributed by atoms with E-state index in [4.69, 9.17) is 10.5 Å². The summed E-state index contributed by atoms with van der Waals surface area (Å²) in [6.07, 6.45) is 0. The maximum atomic E-state index is 12.3. The lowest BCUT2D eigenvalue weighted by molar-refractivity contribution is 0.257. The number of methoxy groups -OCH3 is 1. The third kappa shape index (κ3) is 3.84. The minimum atomic E-state index is -3.09. The predicted octanol–water partition coefficient (Wildman–Crippen LogP) is 1.59. The van der Waals surface area contributed by atoms with E-state index in [0.717, 1.165) is 23.6 Å². The molecule has 1 atom stereocenters. The largest absolute Gasteiger partial charge is 0.496 e. The van der Waals surface area contributed by atoms with Crippen LogP contribution in [0.15, 0.2) is 18.2 Å². The van der Waals surface area contributed by atoms with E-state index in [-0.39, 0.29) is 5.75 Å². The number of sulfone groups is 1. The van der Waals surface area contributed by atoms with Crippen LogP contribution in [0.4, 0.5) is 5.69 Å². The average molecular weight is 330 g/mol. The van der Waals surface area contributed by atoms with Crippen LogP contribution in [-0.4, -0.2) is 49.6 Å². The van der Waals surface area contributed by atoms with Crippen LogP contribution < -0.4 is 10.5 Å². The van der Waals surface area contributed by atoms with Crippen LogP contribution in [0.3, 0.4) is 0 Å². The summed E-state index contributed by atoms with van der Waals surface area (Å²) in [6.45, 7) is 3.00. The smallest absolute Gasteiger partial charge is 0.166 e. The summed E-state index contributed by atoms with van der Waals surface area (Å²) < 4.78 is 29.9. The van der Waals surface area contributed by atoms with Crippen molar-refractivity contribution < 1.29 is 13.2 Å². The normalized spacial score (nSPS) is 20.4. The van der Waals surface area contributed by atoms with Gasteiger partial charge in [0, 0.05) is 41.6 Å². The van der Waals surface area contributed by atoms with Gasteiger partial charge in [0.15, 0.2) is 9.84 Å². The minimum absolute atomic E-state index is 0.169. The Morgan fingerprint density at radius 1 is 1.48 bits per heavy atom. The van der Waals surface area contributed by atoms with Crippen molar-refractivity contribution in [2.24, 2.45) is 0 Å². The zero-order chi connectivity index (χ0) is 15.5. The summed E-state index contributed by atoms with van der Waals surface area (Å²) in [5.41, 5.74) is 7.43. The zero-order valence-electron chi connectivity index (χ0n) is 12.4. The maximum absolute atomic E-state index is 12.3. The Morgan fingerprint density at radius 3 is 2.90 bits per heavy atom. The monoisotopic (exact) mass is 330 g/mol. The number of hydrogen-bond acceptors (Lipinski definition) is 6. The van der Waals surface area contributed by atoms with Crippen molar-refractivity contribution in [3.05, 3.63) is 23.8 Å². The fourth-order valence-corrected chi connectivity index (χ4v) is 5.54. The van der Waals surface area contributed by atoms with E-state index in [0.29, 0.717) is 18.0 Å². The van der Waals surface area contributed by atoms with E-state index < -0.39 is 15.2 Å². The fraction of sp³-hybridized carbons (Fsp3) is 0.571. The van der Waals surface area contributed by atoms with Gasteiger partial charge in [0.25, 0.3) is 0 Å². The number of rotatable bonds is 5. The molecule has 2 rings (SSSR count). The molecule has 21 heavy (non-hydrogen) atoms. The van der Waals surface area contributed by atoms with Gasteiger partial charge in [-0.25, -0.2) is 8.42 Å². The van der Waals surface area contributed by atoms with Crippen molar-refractivity contribution in [2.75, 3.05) is 36.6 Å². The molecule has 1 aromatic rings. The van der Waals surface area contributed by atoms with Gasteiger partial charge in [-0.1, -0.05) is 6.92 Å². The molecule has 0 spiro atoms. The lowest BCUT2D eigenvalue weighted by Gasteiger charge is -2.34. The van der Waals surface area contributed by atoms with E-state index in [2.05, 4.69) is 0 Å². The third-order valence-corrected chi connectivity index (χ3v) is 7.02. The molecule has 1 saturated heterocycles. The number of nitrogen functional groups attached to an aromatic ring is 1. The number of thioether (sulfide) groups is 1. The van der Waals surface area contributed by atoms with E-state index in [1.54, 1.807) is 31.9 Å².